The van der Waals surface area contributed by atoms with Crippen molar-refractivity contribution in [2.75, 3.05) is 11.4 Å². The van der Waals surface area contributed by atoms with Crippen molar-refractivity contribution in [3.05, 3.63) is 63.6 Å². The Bertz CT molecular complexity index is 878. The molecule has 148 valence electrons. The highest BCUT2D eigenvalue weighted by molar-refractivity contribution is 9.10. The molecule has 0 aromatic heterocycles. The van der Waals surface area contributed by atoms with E-state index in [9.17, 15) is 14.7 Å². The van der Waals surface area contributed by atoms with Crippen LogP contribution in [0.5, 0.6) is 0 Å². The van der Waals surface area contributed by atoms with Crippen molar-refractivity contribution in [2.24, 2.45) is 0 Å². The van der Waals surface area contributed by atoms with Crippen LogP contribution in [0, 0.1) is 0 Å². The van der Waals surface area contributed by atoms with Crippen LogP contribution in [-0.4, -0.2) is 23.3 Å². The van der Waals surface area contributed by atoms with Gasteiger partial charge in [0.15, 0.2) is 11.4 Å². The lowest BCUT2D eigenvalue weighted by Crippen LogP contribution is -2.42. The molecule has 1 amide bonds. The number of hydrogen-bond acceptors (Lipinski definition) is 3. The maximum absolute atomic E-state index is 13.1. The maximum Gasteiger partial charge on any atom is 0.264 e. The number of rotatable bonds is 8. The molecule has 28 heavy (non-hydrogen) atoms. The van der Waals surface area contributed by atoms with Gasteiger partial charge in [-0.1, -0.05) is 66.9 Å². The van der Waals surface area contributed by atoms with Crippen molar-refractivity contribution >= 4 is 33.3 Å². The minimum absolute atomic E-state index is 0.234. The first-order valence-corrected chi connectivity index (χ1v) is 10.7. The van der Waals surface area contributed by atoms with Crippen LogP contribution < -0.4 is 4.90 Å². The van der Waals surface area contributed by atoms with Crippen molar-refractivity contribution in [1.29, 1.82) is 0 Å². The summed E-state index contributed by atoms with van der Waals surface area (Å²) in [5.74, 6) is -0.646. The molecule has 0 aliphatic carbocycles. The number of anilines is 1. The third kappa shape index (κ3) is 3.91. The van der Waals surface area contributed by atoms with Gasteiger partial charge in [-0.3, -0.25) is 9.59 Å². The Morgan fingerprint density at radius 2 is 1.82 bits per heavy atom. The number of fused-ring (bicyclic) bond motifs is 1. The molecule has 2 aromatic carbocycles. The SMILES string of the molecule is CCCCN1C(=O)C(O)(CC(=O)c2ccc(CCC)cc2)c2cc(Br)ccc21. The van der Waals surface area contributed by atoms with E-state index in [4.69, 9.17) is 0 Å². The van der Waals surface area contributed by atoms with Crippen molar-refractivity contribution in [3.63, 3.8) is 0 Å². The quantitative estimate of drug-likeness (QED) is 0.583. The van der Waals surface area contributed by atoms with E-state index in [0.717, 1.165) is 30.2 Å². The van der Waals surface area contributed by atoms with Crippen LogP contribution in [-0.2, 0) is 16.8 Å². The average Bonchev–Trinajstić information content (AvgIpc) is 2.88. The van der Waals surface area contributed by atoms with E-state index in [-0.39, 0.29) is 12.2 Å². The van der Waals surface area contributed by atoms with Gasteiger partial charge in [0, 0.05) is 22.1 Å². The minimum Gasteiger partial charge on any atom is -0.375 e. The number of carbonyl (C=O) groups is 2. The second-order valence-electron chi connectivity index (χ2n) is 7.38. The van der Waals surface area contributed by atoms with Gasteiger partial charge in [-0.05, 0) is 36.6 Å². The van der Waals surface area contributed by atoms with Gasteiger partial charge in [-0.2, -0.15) is 0 Å². The maximum atomic E-state index is 13.1. The van der Waals surface area contributed by atoms with Crippen molar-refractivity contribution in [3.8, 4) is 0 Å². The minimum atomic E-state index is -1.83. The molecule has 0 saturated heterocycles. The lowest BCUT2D eigenvalue weighted by molar-refractivity contribution is -0.135. The molecule has 0 bridgehead atoms. The van der Waals surface area contributed by atoms with Gasteiger partial charge in [-0.15, -0.1) is 0 Å². The van der Waals surface area contributed by atoms with Crippen molar-refractivity contribution in [1.82, 2.24) is 0 Å². The second-order valence-corrected chi connectivity index (χ2v) is 8.29. The van der Waals surface area contributed by atoms with Crippen LogP contribution >= 0.6 is 15.9 Å². The fourth-order valence-electron chi connectivity index (χ4n) is 3.71. The van der Waals surface area contributed by atoms with Crippen LogP contribution in [0.1, 0.15) is 61.0 Å². The molecule has 4 nitrogen and oxygen atoms in total. The molecule has 0 radical (unpaired) electrons. The highest BCUT2D eigenvalue weighted by Gasteiger charge is 2.50. The normalized spacial score (nSPS) is 18.4. The first kappa shape index (κ1) is 20.7. The summed E-state index contributed by atoms with van der Waals surface area (Å²) in [5.41, 5.74) is 1.06. The monoisotopic (exact) mass is 443 g/mol. The number of aryl methyl sites for hydroxylation is 1. The van der Waals surface area contributed by atoms with Crippen LogP contribution in [0.3, 0.4) is 0 Å². The Morgan fingerprint density at radius 1 is 1.11 bits per heavy atom. The molecular weight excluding hydrogens is 418 g/mol. The summed E-state index contributed by atoms with van der Waals surface area (Å²) in [6.07, 6.45) is 3.53. The number of benzene rings is 2. The van der Waals surface area contributed by atoms with Gasteiger partial charge in [0.25, 0.3) is 5.91 Å². The van der Waals surface area contributed by atoms with E-state index < -0.39 is 11.5 Å². The molecule has 1 atom stereocenters. The third-order valence-corrected chi connectivity index (χ3v) is 5.75. The third-order valence-electron chi connectivity index (χ3n) is 5.26. The largest absolute Gasteiger partial charge is 0.375 e. The zero-order valence-electron chi connectivity index (χ0n) is 16.4. The molecule has 0 saturated carbocycles. The molecule has 1 aliphatic heterocycles. The first-order valence-electron chi connectivity index (χ1n) is 9.87. The number of amides is 1. The molecule has 2 aromatic rings. The lowest BCUT2D eigenvalue weighted by Gasteiger charge is -2.22. The highest BCUT2D eigenvalue weighted by atomic mass is 79.9. The summed E-state index contributed by atoms with van der Waals surface area (Å²) in [4.78, 5) is 27.6. The number of nitrogens with zero attached hydrogens (tertiary/aromatic N) is 1. The van der Waals surface area contributed by atoms with Gasteiger partial charge in [0.2, 0.25) is 0 Å². The van der Waals surface area contributed by atoms with E-state index in [2.05, 4.69) is 29.8 Å². The molecule has 1 unspecified atom stereocenters. The standard InChI is InChI=1S/C23H26BrNO3/c1-3-5-13-25-20-12-11-18(24)14-19(20)23(28,22(25)27)15-21(26)17-9-7-16(6-4-2)8-10-17/h7-12,14,28H,3-6,13,15H2,1-2H3. The van der Waals surface area contributed by atoms with E-state index in [1.165, 1.54) is 5.56 Å². The Balaban J connectivity index is 1.90. The smallest absolute Gasteiger partial charge is 0.264 e. The van der Waals surface area contributed by atoms with Crippen LogP contribution in [0.25, 0.3) is 0 Å². The highest BCUT2D eigenvalue weighted by Crippen LogP contribution is 2.44. The summed E-state index contributed by atoms with van der Waals surface area (Å²) in [5, 5.41) is 11.3. The van der Waals surface area contributed by atoms with Gasteiger partial charge >= 0.3 is 0 Å². The number of aliphatic hydroxyl groups is 1. The Hall–Kier alpha value is -1.98. The number of Topliss-reactive ketones (excluding diaryl/α,β-unsaturated/α-hetero) is 1. The molecule has 1 N–H and O–H groups in total. The van der Waals surface area contributed by atoms with Gasteiger partial charge < -0.3 is 10.0 Å². The summed E-state index contributed by atoms with van der Waals surface area (Å²) in [6, 6.07) is 12.9. The molecule has 5 heteroatoms. The number of unbranched alkanes of at least 4 members (excludes halogenated alkanes) is 1. The average molecular weight is 444 g/mol. The topological polar surface area (TPSA) is 57.6 Å². The Labute approximate surface area is 174 Å². The molecule has 3 rings (SSSR count). The summed E-state index contributed by atoms with van der Waals surface area (Å²) in [6.45, 7) is 4.70. The molecule has 0 fully saturated rings. The van der Waals surface area contributed by atoms with Crippen LogP contribution in [0.2, 0.25) is 0 Å². The second kappa shape index (κ2) is 8.58. The molecular formula is C23H26BrNO3. The summed E-state index contributed by atoms with van der Waals surface area (Å²) >= 11 is 3.42. The van der Waals surface area contributed by atoms with Gasteiger partial charge in [0.05, 0.1) is 12.1 Å². The van der Waals surface area contributed by atoms with Crippen molar-refractivity contribution in [2.45, 2.75) is 51.6 Å². The van der Waals surface area contributed by atoms with Gasteiger partial charge in [0.1, 0.15) is 0 Å². The predicted molar refractivity (Wildman–Crippen MR) is 115 cm³/mol. The number of ketones is 1. The number of carbonyl (C=O) groups excluding carboxylic acids is 2. The Kier molecular flexibility index (Phi) is 6.36. The molecule has 0 spiro atoms. The summed E-state index contributed by atoms with van der Waals surface area (Å²) < 4.78 is 0.770. The zero-order chi connectivity index (χ0) is 20.3. The fraction of sp³-hybridized carbons (Fsp3) is 0.391. The number of halogens is 1. The zero-order valence-corrected chi connectivity index (χ0v) is 18.0. The first-order chi connectivity index (χ1) is 13.4. The van der Waals surface area contributed by atoms with E-state index in [1.54, 1.807) is 23.1 Å². The molecule has 1 aliphatic rings. The van der Waals surface area contributed by atoms with Crippen molar-refractivity contribution < 1.29 is 14.7 Å². The lowest BCUT2D eigenvalue weighted by atomic mass is 9.88. The number of hydrogen-bond donors (Lipinski definition) is 1. The fourth-order valence-corrected chi connectivity index (χ4v) is 4.07. The van der Waals surface area contributed by atoms with Gasteiger partial charge in [-0.25, -0.2) is 0 Å². The predicted octanol–water partition coefficient (Wildman–Crippen LogP) is 5.01. The molecule has 1 heterocycles. The van der Waals surface area contributed by atoms with Crippen LogP contribution in [0.4, 0.5) is 5.69 Å². The van der Waals surface area contributed by atoms with Crippen LogP contribution in [0.15, 0.2) is 46.9 Å². The van der Waals surface area contributed by atoms with E-state index in [0.29, 0.717) is 23.4 Å². The van der Waals surface area contributed by atoms with E-state index in [1.807, 2.05) is 24.3 Å². The Morgan fingerprint density at radius 3 is 2.46 bits per heavy atom. The summed E-state index contributed by atoms with van der Waals surface area (Å²) in [7, 11) is 0. The van der Waals surface area contributed by atoms with E-state index >= 15 is 0 Å².